The number of para-hydroxylation sites is 1. The zero-order valence-electron chi connectivity index (χ0n) is 15.6. The first-order chi connectivity index (χ1) is 13.4. The highest BCUT2D eigenvalue weighted by molar-refractivity contribution is 7.99. The van der Waals surface area contributed by atoms with Crippen LogP contribution in [0.25, 0.3) is 0 Å². The van der Waals surface area contributed by atoms with E-state index in [1.807, 2.05) is 43.3 Å². The fourth-order valence-electron chi connectivity index (χ4n) is 2.70. The van der Waals surface area contributed by atoms with Gasteiger partial charge >= 0.3 is 0 Å². The molecule has 0 atom stereocenters. The fourth-order valence-corrected chi connectivity index (χ4v) is 3.53. The molecule has 0 spiro atoms. The maximum atomic E-state index is 12.5. The maximum Gasteiger partial charge on any atom is 0.255 e. The van der Waals surface area contributed by atoms with Crippen molar-refractivity contribution in [2.24, 2.45) is 0 Å². The van der Waals surface area contributed by atoms with Crippen LogP contribution in [0.4, 0.5) is 5.69 Å². The first kappa shape index (κ1) is 20.2. The second-order valence-corrected chi connectivity index (χ2v) is 7.79. The SMILES string of the molecule is Cc1ccccc1NC(=O)CSc1nc(C)c(Cc2ccc(Cl)cc2)c(=O)[nH]1. The number of aromatic amines is 1. The first-order valence-electron chi connectivity index (χ1n) is 8.75. The lowest BCUT2D eigenvalue weighted by molar-refractivity contribution is -0.113. The van der Waals surface area contributed by atoms with E-state index in [2.05, 4.69) is 15.3 Å². The summed E-state index contributed by atoms with van der Waals surface area (Å²) in [6.45, 7) is 3.74. The van der Waals surface area contributed by atoms with Crippen LogP contribution in [0.5, 0.6) is 0 Å². The van der Waals surface area contributed by atoms with E-state index in [1.54, 1.807) is 19.1 Å². The number of hydrogen-bond acceptors (Lipinski definition) is 4. The third-order valence-corrected chi connectivity index (χ3v) is 5.38. The van der Waals surface area contributed by atoms with Crippen LogP contribution in [0.15, 0.2) is 58.5 Å². The Morgan fingerprint density at radius 1 is 1.14 bits per heavy atom. The number of rotatable bonds is 6. The van der Waals surface area contributed by atoms with Gasteiger partial charge in [0.2, 0.25) is 5.91 Å². The van der Waals surface area contributed by atoms with Crippen molar-refractivity contribution in [3.05, 3.63) is 86.3 Å². The van der Waals surface area contributed by atoms with Crippen LogP contribution in [0.1, 0.15) is 22.4 Å². The Kier molecular flexibility index (Phi) is 6.54. The van der Waals surface area contributed by atoms with E-state index in [4.69, 9.17) is 11.6 Å². The van der Waals surface area contributed by atoms with Gasteiger partial charge in [0.25, 0.3) is 5.56 Å². The average molecular weight is 414 g/mol. The van der Waals surface area contributed by atoms with Gasteiger partial charge in [-0.25, -0.2) is 4.98 Å². The van der Waals surface area contributed by atoms with Crippen LogP contribution >= 0.6 is 23.4 Å². The van der Waals surface area contributed by atoms with Crippen LogP contribution in [0, 0.1) is 13.8 Å². The summed E-state index contributed by atoms with van der Waals surface area (Å²) in [6.07, 6.45) is 0.476. The minimum Gasteiger partial charge on any atom is -0.325 e. The Bertz CT molecular complexity index is 1050. The number of halogens is 1. The van der Waals surface area contributed by atoms with Crippen LogP contribution in [-0.2, 0) is 11.2 Å². The van der Waals surface area contributed by atoms with E-state index in [0.29, 0.717) is 27.9 Å². The lowest BCUT2D eigenvalue weighted by Gasteiger charge is -2.09. The molecule has 1 heterocycles. The van der Waals surface area contributed by atoms with Gasteiger partial charge in [0, 0.05) is 28.4 Å². The molecule has 0 saturated carbocycles. The summed E-state index contributed by atoms with van der Waals surface area (Å²) in [4.78, 5) is 31.9. The minimum absolute atomic E-state index is 0.148. The molecule has 0 aliphatic heterocycles. The Hall–Kier alpha value is -2.57. The largest absolute Gasteiger partial charge is 0.325 e. The lowest BCUT2D eigenvalue weighted by Crippen LogP contribution is -2.19. The molecular formula is C21H20ClN3O2S. The normalized spacial score (nSPS) is 10.7. The highest BCUT2D eigenvalue weighted by Crippen LogP contribution is 2.18. The number of thioether (sulfide) groups is 1. The van der Waals surface area contributed by atoms with Gasteiger partial charge in [0.15, 0.2) is 5.16 Å². The second kappa shape index (κ2) is 9.08. The van der Waals surface area contributed by atoms with Crippen LogP contribution in [0.3, 0.4) is 0 Å². The molecule has 7 heteroatoms. The molecule has 0 radical (unpaired) electrons. The molecule has 2 N–H and O–H groups in total. The van der Waals surface area contributed by atoms with Crippen molar-refractivity contribution in [1.29, 1.82) is 0 Å². The number of aryl methyl sites for hydroxylation is 2. The van der Waals surface area contributed by atoms with Gasteiger partial charge in [-0.05, 0) is 43.2 Å². The van der Waals surface area contributed by atoms with E-state index >= 15 is 0 Å². The van der Waals surface area contributed by atoms with Crippen molar-refractivity contribution in [2.45, 2.75) is 25.4 Å². The molecule has 144 valence electrons. The summed E-state index contributed by atoms with van der Waals surface area (Å²) >= 11 is 7.11. The van der Waals surface area contributed by atoms with Crippen LogP contribution in [0.2, 0.25) is 5.02 Å². The molecule has 0 aliphatic carbocycles. The number of carbonyl (C=O) groups is 1. The number of nitrogens with one attached hydrogen (secondary N) is 2. The Morgan fingerprint density at radius 3 is 2.54 bits per heavy atom. The summed E-state index contributed by atoms with van der Waals surface area (Å²) in [7, 11) is 0. The van der Waals surface area contributed by atoms with Gasteiger partial charge in [-0.1, -0.05) is 53.7 Å². The second-order valence-electron chi connectivity index (χ2n) is 6.39. The number of hydrogen-bond donors (Lipinski definition) is 2. The first-order valence-corrected chi connectivity index (χ1v) is 10.1. The molecule has 2 aromatic carbocycles. The third-order valence-electron chi connectivity index (χ3n) is 4.25. The third kappa shape index (κ3) is 5.24. The number of benzene rings is 2. The van der Waals surface area contributed by atoms with E-state index in [-0.39, 0.29) is 17.2 Å². The van der Waals surface area contributed by atoms with Crippen molar-refractivity contribution in [2.75, 3.05) is 11.1 Å². The molecule has 5 nitrogen and oxygen atoms in total. The van der Waals surface area contributed by atoms with Gasteiger partial charge in [-0.15, -0.1) is 0 Å². The number of amides is 1. The van der Waals surface area contributed by atoms with Crippen molar-refractivity contribution >= 4 is 35.0 Å². The lowest BCUT2D eigenvalue weighted by atomic mass is 10.1. The summed E-state index contributed by atoms with van der Waals surface area (Å²) < 4.78 is 0. The molecular weight excluding hydrogens is 394 g/mol. The molecule has 28 heavy (non-hydrogen) atoms. The summed E-state index contributed by atoms with van der Waals surface area (Å²) in [5.74, 6) is 0.0117. The fraction of sp³-hybridized carbons (Fsp3) is 0.190. The molecule has 3 aromatic rings. The quantitative estimate of drug-likeness (QED) is 0.465. The molecule has 0 unspecified atom stereocenters. The Balaban J connectivity index is 1.65. The molecule has 0 aliphatic rings. The minimum atomic E-state index is -0.190. The molecule has 0 bridgehead atoms. The molecule has 1 amide bonds. The van der Waals surface area contributed by atoms with Crippen molar-refractivity contribution in [1.82, 2.24) is 9.97 Å². The predicted molar refractivity (Wildman–Crippen MR) is 114 cm³/mol. The van der Waals surface area contributed by atoms with Crippen molar-refractivity contribution in [3.63, 3.8) is 0 Å². The zero-order valence-corrected chi connectivity index (χ0v) is 17.2. The van der Waals surface area contributed by atoms with E-state index in [9.17, 15) is 9.59 Å². The van der Waals surface area contributed by atoms with Crippen molar-refractivity contribution in [3.8, 4) is 0 Å². The number of aromatic nitrogens is 2. The number of carbonyl (C=O) groups excluding carboxylic acids is 1. The Labute approximate surface area is 172 Å². The number of nitrogens with zero attached hydrogens (tertiary/aromatic N) is 1. The zero-order chi connectivity index (χ0) is 20.1. The Morgan fingerprint density at radius 2 is 1.86 bits per heavy atom. The maximum absolute atomic E-state index is 12.5. The molecule has 1 aromatic heterocycles. The van der Waals surface area contributed by atoms with Gasteiger partial charge in [-0.2, -0.15) is 0 Å². The summed E-state index contributed by atoms with van der Waals surface area (Å²) in [6, 6.07) is 15.0. The standard InChI is InChI=1S/C21H20ClN3O2S/c1-13-5-3-4-6-18(13)24-19(26)12-28-21-23-14(2)17(20(27)25-21)11-15-7-9-16(22)10-8-15/h3-10H,11-12H2,1-2H3,(H,24,26)(H,23,25,27). The van der Waals surface area contributed by atoms with Crippen LogP contribution < -0.4 is 10.9 Å². The topological polar surface area (TPSA) is 74.8 Å². The van der Waals surface area contributed by atoms with Crippen LogP contribution in [-0.4, -0.2) is 21.6 Å². The van der Waals surface area contributed by atoms with Gasteiger partial charge < -0.3 is 10.3 Å². The number of anilines is 1. The van der Waals surface area contributed by atoms with E-state index < -0.39 is 0 Å². The summed E-state index contributed by atoms with van der Waals surface area (Å²) in [5, 5.41) is 3.96. The van der Waals surface area contributed by atoms with Gasteiger partial charge in [0.05, 0.1) is 5.75 Å². The van der Waals surface area contributed by atoms with E-state index in [0.717, 1.165) is 16.8 Å². The molecule has 0 fully saturated rings. The average Bonchev–Trinajstić information content (AvgIpc) is 2.66. The smallest absolute Gasteiger partial charge is 0.255 e. The van der Waals surface area contributed by atoms with Crippen molar-refractivity contribution < 1.29 is 4.79 Å². The number of H-pyrrole nitrogens is 1. The highest BCUT2D eigenvalue weighted by atomic mass is 35.5. The monoisotopic (exact) mass is 413 g/mol. The predicted octanol–water partition coefficient (Wildman–Crippen LogP) is 4.36. The van der Waals surface area contributed by atoms with Gasteiger partial charge in [-0.3, -0.25) is 9.59 Å². The van der Waals surface area contributed by atoms with E-state index in [1.165, 1.54) is 11.8 Å². The molecule has 3 rings (SSSR count). The highest BCUT2D eigenvalue weighted by Gasteiger charge is 2.11. The summed E-state index contributed by atoms with van der Waals surface area (Å²) in [5.41, 5.74) is 3.83. The van der Waals surface area contributed by atoms with Gasteiger partial charge in [0.1, 0.15) is 0 Å². The molecule has 0 saturated heterocycles.